The summed E-state index contributed by atoms with van der Waals surface area (Å²) < 4.78 is 23.4. The van der Waals surface area contributed by atoms with Crippen LogP contribution in [0, 0.1) is 0 Å². The Bertz CT molecular complexity index is 1030. The van der Waals surface area contributed by atoms with Crippen LogP contribution in [0.25, 0.3) is 0 Å². The van der Waals surface area contributed by atoms with Gasteiger partial charge in [0.1, 0.15) is 18.8 Å². The van der Waals surface area contributed by atoms with Crippen molar-refractivity contribution in [2.45, 2.75) is 43.9 Å². The topological polar surface area (TPSA) is 129 Å². The molecule has 0 amide bonds. The maximum absolute atomic E-state index is 12.2. The Morgan fingerprint density at radius 3 is 2.59 bits per heavy atom. The highest BCUT2D eigenvalue weighted by Crippen LogP contribution is 2.44. The van der Waals surface area contributed by atoms with Gasteiger partial charge in [-0.05, 0) is 26.0 Å². The number of esters is 1. The third-order valence-corrected chi connectivity index (χ3v) is 4.75. The van der Waals surface area contributed by atoms with E-state index in [1.54, 1.807) is 44.2 Å². The zero-order valence-corrected chi connectivity index (χ0v) is 15.7. The first-order chi connectivity index (χ1) is 13.7. The lowest BCUT2D eigenvalue weighted by Crippen LogP contribution is -2.51. The zero-order valence-electron chi connectivity index (χ0n) is 15.7. The van der Waals surface area contributed by atoms with Gasteiger partial charge >= 0.3 is 11.7 Å². The quantitative estimate of drug-likeness (QED) is 0.677. The Kier molecular flexibility index (Phi) is 4.66. The fourth-order valence-corrected chi connectivity index (χ4v) is 3.52. The van der Waals surface area contributed by atoms with E-state index < -0.39 is 47.2 Å². The van der Waals surface area contributed by atoms with Gasteiger partial charge in [-0.15, -0.1) is 0 Å². The number of aromatic nitrogens is 2. The van der Waals surface area contributed by atoms with Crippen molar-refractivity contribution in [3.05, 3.63) is 69.0 Å². The minimum absolute atomic E-state index is 0.241. The summed E-state index contributed by atoms with van der Waals surface area (Å²) in [6.45, 7) is 3.05. The average Bonchev–Trinajstić information content (AvgIpc) is 3.13. The monoisotopic (exact) mass is 404 g/mol. The molecule has 2 aliphatic rings. The van der Waals surface area contributed by atoms with Gasteiger partial charge in [0.05, 0.1) is 5.56 Å². The predicted molar refractivity (Wildman–Crippen MR) is 96.9 cm³/mol. The number of hydrogen-bond donors (Lipinski definition) is 2. The van der Waals surface area contributed by atoms with Crippen LogP contribution in [0.3, 0.4) is 0 Å². The highest BCUT2D eigenvalue weighted by Gasteiger charge is 2.64. The molecule has 0 bridgehead atoms. The molecule has 154 valence electrons. The molecule has 0 saturated carbocycles. The number of aliphatic hydroxyl groups is 1. The Morgan fingerprint density at radius 1 is 1.17 bits per heavy atom. The van der Waals surface area contributed by atoms with Gasteiger partial charge in [0.2, 0.25) is 0 Å². The number of rotatable bonds is 4. The van der Waals surface area contributed by atoms with Gasteiger partial charge in [0.25, 0.3) is 11.5 Å². The van der Waals surface area contributed by atoms with Crippen molar-refractivity contribution in [2.24, 2.45) is 0 Å². The Morgan fingerprint density at radius 2 is 1.90 bits per heavy atom. The van der Waals surface area contributed by atoms with Crippen LogP contribution < -0.4 is 11.2 Å². The molecule has 0 spiro atoms. The second-order valence-electron chi connectivity index (χ2n) is 7.28. The highest BCUT2D eigenvalue weighted by atomic mass is 16.8. The first-order valence-corrected chi connectivity index (χ1v) is 9.00. The molecular weight excluding hydrogens is 384 g/mol. The van der Waals surface area contributed by atoms with Crippen molar-refractivity contribution in [1.82, 2.24) is 9.55 Å². The molecule has 10 nitrogen and oxygen atoms in total. The van der Waals surface area contributed by atoms with Gasteiger partial charge in [0.15, 0.2) is 11.9 Å². The third-order valence-electron chi connectivity index (χ3n) is 4.75. The number of carbonyl (C=O) groups excluding carboxylic acids is 1. The molecule has 1 aromatic heterocycles. The van der Waals surface area contributed by atoms with E-state index in [2.05, 4.69) is 4.98 Å². The summed E-state index contributed by atoms with van der Waals surface area (Å²) in [5, 5.41) is 11.2. The first-order valence-electron chi connectivity index (χ1n) is 9.00. The van der Waals surface area contributed by atoms with E-state index in [-0.39, 0.29) is 6.61 Å². The molecule has 10 heteroatoms. The molecule has 2 aromatic rings. The molecule has 1 aromatic carbocycles. The summed E-state index contributed by atoms with van der Waals surface area (Å²) in [6, 6.07) is 9.47. The summed E-state index contributed by atoms with van der Waals surface area (Å²) in [7, 11) is 0. The molecule has 2 N–H and O–H groups in total. The van der Waals surface area contributed by atoms with Crippen molar-refractivity contribution in [3.63, 3.8) is 0 Å². The molecule has 4 atom stereocenters. The number of nitrogens with zero attached hydrogens (tertiary/aromatic N) is 1. The van der Waals surface area contributed by atoms with Gasteiger partial charge in [-0.3, -0.25) is 9.78 Å². The van der Waals surface area contributed by atoms with Crippen molar-refractivity contribution < 1.29 is 28.8 Å². The second kappa shape index (κ2) is 6.92. The van der Waals surface area contributed by atoms with E-state index in [4.69, 9.17) is 18.9 Å². The molecule has 0 unspecified atom stereocenters. The number of aromatic amines is 1. The molecule has 2 fully saturated rings. The Labute approximate surface area is 164 Å². The van der Waals surface area contributed by atoms with Crippen molar-refractivity contribution in [1.29, 1.82) is 0 Å². The lowest BCUT2D eigenvalue weighted by atomic mass is 10.1. The molecule has 0 aliphatic carbocycles. The van der Waals surface area contributed by atoms with Crippen LogP contribution >= 0.6 is 0 Å². The van der Waals surface area contributed by atoms with Crippen LogP contribution in [0.1, 0.15) is 24.2 Å². The Balaban J connectivity index is 1.60. The minimum Gasteiger partial charge on any atom is -0.459 e. The van der Waals surface area contributed by atoms with Gasteiger partial charge < -0.3 is 24.1 Å². The van der Waals surface area contributed by atoms with Gasteiger partial charge in [-0.2, -0.15) is 0 Å². The molecule has 2 saturated heterocycles. The first kappa shape index (κ1) is 19.5. The lowest BCUT2D eigenvalue weighted by molar-refractivity contribution is -0.320. The molecule has 2 aliphatic heterocycles. The van der Waals surface area contributed by atoms with E-state index in [9.17, 15) is 19.5 Å². The number of carbonyl (C=O) groups is 1. The van der Waals surface area contributed by atoms with Crippen LogP contribution in [-0.4, -0.2) is 51.3 Å². The average molecular weight is 404 g/mol. The number of fused-ring (bicyclic) bond motifs is 1. The molecule has 0 radical (unpaired) electrons. The molecule has 4 rings (SSSR count). The van der Waals surface area contributed by atoms with Gasteiger partial charge in [0, 0.05) is 12.3 Å². The normalized spacial score (nSPS) is 30.1. The van der Waals surface area contributed by atoms with Crippen molar-refractivity contribution >= 4 is 5.97 Å². The predicted octanol–water partition coefficient (Wildman–Crippen LogP) is -0.0849. The fraction of sp³-hybridized carbons (Fsp3) is 0.421. The van der Waals surface area contributed by atoms with E-state index in [0.717, 1.165) is 16.8 Å². The van der Waals surface area contributed by atoms with Crippen LogP contribution in [0.4, 0.5) is 0 Å². The Hall–Kier alpha value is -2.79. The van der Waals surface area contributed by atoms with Crippen LogP contribution in [-0.2, 0) is 24.9 Å². The SMILES string of the molecule is CC1(C)O[C@H]2[C@@H](O1)[C@](O)(n1ccc(=O)[nH]c1=O)O[C@@H]2COC(=O)c1ccccc1. The van der Waals surface area contributed by atoms with Crippen molar-refractivity contribution in [2.75, 3.05) is 6.61 Å². The van der Waals surface area contributed by atoms with E-state index >= 15 is 0 Å². The molecule has 3 heterocycles. The number of nitrogens with one attached hydrogen (secondary N) is 1. The van der Waals surface area contributed by atoms with Crippen LogP contribution in [0.5, 0.6) is 0 Å². The van der Waals surface area contributed by atoms with Crippen LogP contribution in [0.2, 0.25) is 0 Å². The molecule has 29 heavy (non-hydrogen) atoms. The summed E-state index contributed by atoms with van der Waals surface area (Å²) in [4.78, 5) is 37.9. The largest absolute Gasteiger partial charge is 0.459 e. The van der Waals surface area contributed by atoms with Crippen LogP contribution in [0.15, 0.2) is 52.2 Å². The summed E-state index contributed by atoms with van der Waals surface area (Å²) >= 11 is 0. The van der Waals surface area contributed by atoms with Crippen molar-refractivity contribution in [3.8, 4) is 0 Å². The summed E-state index contributed by atoms with van der Waals surface area (Å²) in [5.41, 5.74) is -1.14. The summed E-state index contributed by atoms with van der Waals surface area (Å²) in [5.74, 6) is -3.90. The molecular formula is C19H20N2O8. The summed E-state index contributed by atoms with van der Waals surface area (Å²) in [6.07, 6.45) is -1.73. The fourth-order valence-electron chi connectivity index (χ4n) is 3.52. The van der Waals surface area contributed by atoms with Gasteiger partial charge in [-0.25, -0.2) is 14.2 Å². The standard InChI is InChI=1S/C19H20N2O8/c1-18(2)28-14-12(10-26-16(23)11-6-4-3-5-7-11)27-19(25,15(14)29-18)21-9-8-13(22)20-17(21)24/h3-9,12,14-15,25H,10H2,1-2H3,(H,20,22,24)/t12-,14-,15-,19-/m1/s1. The van der Waals surface area contributed by atoms with E-state index in [1.807, 2.05) is 0 Å². The smallest absolute Gasteiger partial charge is 0.338 e. The maximum Gasteiger partial charge on any atom is 0.338 e. The zero-order chi connectivity index (χ0) is 20.8. The number of ether oxygens (including phenoxy) is 4. The lowest BCUT2D eigenvalue weighted by Gasteiger charge is -2.30. The second-order valence-corrected chi connectivity index (χ2v) is 7.28. The van der Waals surface area contributed by atoms with Gasteiger partial charge in [-0.1, -0.05) is 18.2 Å². The number of hydrogen-bond acceptors (Lipinski definition) is 8. The highest BCUT2D eigenvalue weighted by molar-refractivity contribution is 5.89. The minimum atomic E-state index is -2.26. The third kappa shape index (κ3) is 3.51. The number of benzene rings is 1. The number of H-pyrrole nitrogens is 1. The van der Waals surface area contributed by atoms with E-state index in [1.165, 1.54) is 0 Å². The maximum atomic E-state index is 12.2. The van der Waals surface area contributed by atoms with E-state index in [0.29, 0.717) is 5.56 Å².